The lowest BCUT2D eigenvalue weighted by molar-refractivity contribution is -0.132. The molecular formula is C19H25ClF2N2O2. The number of carbonyl (C=O) groups excluding carboxylic acids is 2. The van der Waals surface area contributed by atoms with Crippen LogP contribution >= 0.6 is 12.4 Å². The van der Waals surface area contributed by atoms with Crippen LogP contribution in [-0.2, 0) is 4.79 Å². The molecule has 1 aromatic rings. The first-order valence-electron chi connectivity index (χ1n) is 9.02. The average molecular weight is 387 g/mol. The van der Waals surface area contributed by atoms with Crippen LogP contribution in [0.25, 0.3) is 0 Å². The zero-order valence-electron chi connectivity index (χ0n) is 14.7. The van der Waals surface area contributed by atoms with Gasteiger partial charge in [0.05, 0.1) is 5.56 Å². The molecule has 144 valence electrons. The Morgan fingerprint density at radius 2 is 1.88 bits per heavy atom. The van der Waals surface area contributed by atoms with Crippen LogP contribution < -0.4 is 5.32 Å². The van der Waals surface area contributed by atoms with Crippen LogP contribution in [0.3, 0.4) is 0 Å². The monoisotopic (exact) mass is 386 g/mol. The molecule has 1 aromatic carbocycles. The molecule has 26 heavy (non-hydrogen) atoms. The molecule has 2 fully saturated rings. The van der Waals surface area contributed by atoms with E-state index in [1.165, 1.54) is 0 Å². The minimum atomic E-state index is -0.685. The number of ketones is 1. The van der Waals surface area contributed by atoms with E-state index in [2.05, 4.69) is 5.32 Å². The van der Waals surface area contributed by atoms with Gasteiger partial charge in [-0.2, -0.15) is 0 Å². The molecule has 2 saturated heterocycles. The summed E-state index contributed by atoms with van der Waals surface area (Å²) >= 11 is 0. The molecule has 1 atom stereocenters. The second-order valence-corrected chi connectivity index (χ2v) is 7.04. The van der Waals surface area contributed by atoms with E-state index in [1.807, 2.05) is 0 Å². The molecule has 4 nitrogen and oxygen atoms in total. The maximum atomic E-state index is 13.8. The molecule has 0 radical (unpaired) electrons. The third-order valence-electron chi connectivity index (χ3n) is 5.34. The molecule has 0 aliphatic carbocycles. The Balaban J connectivity index is 0.00000243. The number of rotatable bonds is 5. The standard InChI is InChI=1S/C19H24F2N2O2.ClH/c20-15-2-3-17(21)16(11-15)19(25)14-6-9-23(10-7-14)18(24)4-1-13-5-8-22-12-13;/h2-3,11,13-14,22H,1,4-10,12H2;1H. The van der Waals surface area contributed by atoms with Crippen molar-refractivity contribution < 1.29 is 18.4 Å². The Labute approximate surface area is 158 Å². The van der Waals surface area contributed by atoms with Crippen molar-refractivity contribution in [2.75, 3.05) is 26.2 Å². The first-order valence-corrected chi connectivity index (χ1v) is 9.02. The van der Waals surface area contributed by atoms with E-state index in [9.17, 15) is 18.4 Å². The van der Waals surface area contributed by atoms with E-state index in [0.717, 1.165) is 44.1 Å². The third kappa shape index (κ3) is 5.01. The highest BCUT2D eigenvalue weighted by Gasteiger charge is 2.29. The molecule has 3 rings (SSSR count). The van der Waals surface area contributed by atoms with Crippen molar-refractivity contribution in [1.82, 2.24) is 10.2 Å². The third-order valence-corrected chi connectivity index (χ3v) is 5.34. The Kier molecular flexibility index (Phi) is 7.53. The maximum Gasteiger partial charge on any atom is 0.222 e. The van der Waals surface area contributed by atoms with E-state index >= 15 is 0 Å². The van der Waals surface area contributed by atoms with Gasteiger partial charge in [0, 0.05) is 25.4 Å². The maximum absolute atomic E-state index is 13.8. The summed E-state index contributed by atoms with van der Waals surface area (Å²) in [5.41, 5.74) is -0.182. The molecular weight excluding hydrogens is 362 g/mol. The summed E-state index contributed by atoms with van der Waals surface area (Å²) in [4.78, 5) is 26.5. The molecule has 0 bridgehead atoms. The zero-order chi connectivity index (χ0) is 17.8. The number of hydrogen-bond acceptors (Lipinski definition) is 3. The highest BCUT2D eigenvalue weighted by molar-refractivity contribution is 5.98. The van der Waals surface area contributed by atoms with Crippen LogP contribution in [-0.4, -0.2) is 42.8 Å². The van der Waals surface area contributed by atoms with Crippen molar-refractivity contribution >= 4 is 24.1 Å². The largest absolute Gasteiger partial charge is 0.343 e. The number of carbonyl (C=O) groups is 2. The lowest BCUT2D eigenvalue weighted by Gasteiger charge is -2.31. The van der Waals surface area contributed by atoms with Crippen LogP contribution in [0.5, 0.6) is 0 Å². The van der Waals surface area contributed by atoms with Crippen molar-refractivity contribution in [2.45, 2.75) is 32.1 Å². The van der Waals surface area contributed by atoms with Crippen molar-refractivity contribution in [3.63, 3.8) is 0 Å². The second kappa shape index (κ2) is 9.42. The fourth-order valence-corrected chi connectivity index (χ4v) is 3.74. The molecule has 0 spiro atoms. The van der Waals surface area contributed by atoms with Crippen molar-refractivity contribution in [2.24, 2.45) is 11.8 Å². The quantitative estimate of drug-likeness (QED) is 0.790. The molecule has 0 saturated carbocycles. The molecule has 1 amide bonds. The van der Waals surface area contributed by atoms with Crippen LogP contribution in [0.2, 0.25) is 0 Å². The van der Waals surface area contributed by atoms with Crippen molar-refractivity contribution in [1.29, 1.82) is 0 Å². The molecule has 1 unspecified atom stereocenters. The number of benzene rings is 1. The summed E-state index contributed by atoms with van der Waals surface area (Å²) in [5.74, 6) is -1.29. The number of halogens is 3. The smallest absolute Gasteiger partial charge is 0.222 e. The lowest BCUT2D eigenvalue weighted by Crippen LogP contribution is -2.40. The van der Waals surface area contributed by atoms with Crippen molar-refractivity contribution in [3.8, 4) is 0 Å². The summed E-state index contributed by atoms with van der Waals surface area (Å²) in [6.45, 7) is 3.04. The van der Waals surface area contributed by atoms with Gasteiger partial charge in [-0.15, -0.1) is 12.4 Å². The van der Waals surface area contributed by atoms with Gasteiger partial charge < -0.3 is 10.2 Å². The Morgan fingerprint density at radius 1 is 1.15 bits per heavy atom. The van der Waals surface area contributed by atoms with Gasteiger partial charge in [-0.05, 0) is 62.9 Å². The van der Waals surface area contributed by atoms with Crippen LogP contribution in [0.4, 0.5) is 8.78 Å². The van der Waals surface area contributed by atoms with Gasteiger partial charge in [-0.3, -0.25) is 9.59 Å². The second-order valence-electron chi connectivity index (χ2n) is 7.04. The Bertz CT molecular complexity index is 642. The highest BCUT2D eigenvalue weighted by atomic mass is 35.5. The number of nitrogens with one attached hydrogen (secondary N) is 1. The van der Waals surface area contributed by atoms with E-state index in [0.29, 0.717) is 38.3 Å². The number of hydrogen-bond donors (Lipinski definition) is 1. The Morgan fingerprint density at radius 3 is 2.54 bits per heavy atom. The normalized spacial score (nSPS) is 20.7. The fraction of sp³-hybridized carbons (Fsp3) is 0.579. The van der Waals surface area contributed by atoms with Gasteiger partial charge in [0.15, 0.2) is 5.78 Å². The number of likely N-dealkylation sites (tertiary alicyclic amines) is 1. The molecule has 2 aliphatic heterocycles. The lowest BCUT2D eigenvalue weighted by atomic mass is 9.88. The number of amides is 1. The predicted molar refractivity (Wildman–Crippen MR) is 97.5 cm³/mol. The SMILES string of the molecule is Cl.O=C(c1cc(F)ccc1F)C1CCN(C(=O)CCC2CCNC2)CC1. The number of Topliss-reactive ketones (excluding diaryl/α,β-unsaturated/α-hetero) is 1. The first kappa shape index (κ1) is 20.8. The van der Waals surface area contributed by atoms with Gasteiger partial charge in [-0.1, -0.05) is 0 Å². The molecule has 1 N–H and O–H groups in total. The molecule has 7 heteroatoms. The summed E-state index contributed by atoms with van der Waals surface area (Å²) in [6.07, 6.45) is 3.59. The molecule has 2 aliphatic rings. The van der Waals surface area contributed by atoms with E-state index in [-0.39, 0.29) is 35.6 Å². The van der Waals surface area contributed by atoms with Gasteiger partial charge in [-0.25, -0.2) is 8.78 Å². The van der Waals surface area contributed by atoms with Gasteiger partial charge in [0.1, 0.15) is 11.6 Å². The minimum absolute atomic E-state index is 0. The average Bonchev–Trinajstić information content (AvgIpc) is 3.15. The van der Waals surface area contributed by atoms with E-state index in [4.69, 9.17) is 0 Å². The van der Waals surface area contributed by atoms with Gasteiger partial charge in [0.2, 0.25) is 5.91 Å². The van der Waals surface area contributed by atoms with Gasteiger partial charge in [0.25, 0.3) is 0 Å². The van der Waals surface area contributed by atoms with Crippen LogP contribution in [0.1, 0.15) is 42.5 Å². The minimum Gasteiger partial charge on any atom is -0.343 e. The van der Waals surface area contributed by atoms with E-state index < -0.39 is 11.6 Å². The summed E-state index contributed by atoms with van der Waals surface area (Å²) < 4.78 is 27.1. The Hall–Kier alpha value is -1.53. The summed E-state index contributed by atoms with van der Waals surface area (Å²) in [5, 5.41) is 3.30. The van der Waals surface area contributed by atoms with Crippen molar-refractivity contribution in [3.05, 3.63) is 35.4 Å². The topological polar surface area (TPSA) is 49.4 Å². The first-order chi connectivity index (χ1) is 12.0. The highest BCUT2D eigenvalue weighted by Crippen LogP contribution is 2.25. The summed E-state index contributed by atoms with van der Waals surface area (Å²) in [6, 6.07) is 2.96. The van der Waals surface area contributed by atoms with Crippen LogP contribution in [0.15, 0.2) is 18.2 Å². The fourth-order valence-electron chi connectivity index (χ4n) is 3.74. The predicted octanol–water partition coefficient (Wildman–Crippen LogP) is 3.20. The molecule has 2 heterocycles. The number of piperidine rings is 1. The number of nitrogens with zero attached hydrogens (tertiary/aromatic N) is 1. The zero-order valence-corrected chi connectivity index (χ0v) is 15.5. The van der Waals surface area contributed by atoms with E-state index in [1.54, 1.807) is 4.90 Å². The van der Waals surface area contributed by atoms with Crippen LogP contribution in [0, 0.1) is 23.5 Å². The molecule has 0 aromatic heterocycles. The van der Waals surface area contributed by atoms with Gasteiger partial charge >= 0.3 is 0 Å². The summed E-state index contributed by atoms with van der Waals surface area (Å²) in [7, 11) is 0.